The van der Waals surface area contributed by atoms with E-state index in [1.807, 2.05) is 0 Å². The van der Waals surface area contributed by atoms with Gasteiger partial charge in [-0.05, 0) is 12.8 Å². The van der Waals surface area contributed by atoms with E-state index in [1.54, 1.807) is 0 Å². The summed E-state index contributed by atoms with van der Waals surface area (Å²) in [5.41, 5.74) is -0.201. The third-order valence-corrected chi connectivity index (χ3v) is 4.24. The van der Waals surface area contributed by atoms with Crippen molar-refractivity contribution >= 4 is 15.8 Å². The second-order valence-corrected chi connectivity index (χ2v) is 5.13. The minimum Gasteiger partial charge on any atom is -0.478 e. The zero-order valence-electron chi connectivity index (χ0n) is 6.49. The van der Waals surface area contributed by atoms with Crippen molar-refractivity contribution in [3.05, 3.63) is 12.2 Å². The van der Waals surface area contributed by atoms with E-state index in [9.17, 15) is 13.2 Å². The van der Waals surface area contributed by atoms with Crippen molar-refractivity contribution in [2.24, 2.45) is 0 Å². The molecule has 0 aromatic heterocycles. The summed E-state index contributed by atoms with van der Waals surface area (Å²) < 4.78 is 22.4. The molecule has 1 atom stereocenters. The molecular weight excluding hydrogens is 180 g/mol. The average molecular weight is 190 g/mol. The summed E-state index contributed by atoms with van der Waals surface area (Å²) in [6, 6.07) is 0. The number of sulfone groups is 1. The highest BCUT2D eigenvalue weighted by atomic mass is 32.2. The molecule has 0 spiro atoms. The van der Waals surface area contributed by atoms with Crippen LogP contribution in [0.25, 0.3) is 0 Å². The first kappa shape index (κ1) is 9.25. The molecule has 1 rings (SSSR count). The van der Waals surface area contributed by atoms with Gasteiger partial charge in [-0.3, -0.25) is 0 Å². The highest BCUT2D eigenvalue weighted by Crippen LogP contribution is 2.25. The van der Waals surface area contributed by atoms with Crippen molar-refractivity contribution in [3.63, 3.8) is 0 Å². The topological polar surface area (TPSA) is 71.4 Å². The molecule has 0 amide bonds. The molecule has 0 aromatic rings. The van der Waals surface area contributed by atoms with Crippen LogP contribution in [0.15, 0.2) is 12.2 Å². The van der Waals surface area contributed by atoms with Gasteiger partial charge in [0.15, 0.2) is 9.84 Å². The van der Waals surface area contributed by atoms with Crippen molar-refractivity contribution in [1.82, 2.24) is 0 Å². The van der Waals surface area contributed by atoms with Crippen molar-refractivity contribution in [1.29, 1.82) is 0 Å². The molecular formula is C7H10O4S. The van der Waals surface area contributed by atoms with Crippen LogP contribution in [0.3, 0.4) is 0 Å². The number of hydrogen-bond acceptors (Lipinski definition) is 3. The van der Waals surface area contributed by atoms with Crippen LogP contribution in [0.2, 0.25) is 0 Å². The average Bonchev–Trinajstić information content (AvgIpc) is 2.27. The van der Waals surface area contributed by atoms with Crippen molar-refractivity contribution in [3.8, 4) is 0 Å². The molecule has 0 aliphatic carbocycles. The van der Waals surface area contributed by atoms with Crippen LogP contribution < -0.4 is 0 Å². The fraction of sp³-hybridized carbons (Fsp3) is 0.571. The number of rotatable bonds is 2. The summed E-state index contributed by atoms with van der Waals surface area (Å²) in [6.07, 6.45) is 0.937. The summed E-state index contributed by atoms with van der Waals surface area (Å²) in [4.78, 5) is 10.4. The third kappa shape index (κ3) is 1.50. The van der Waals surface area contributed by atoms with Crippen LogP contribution >= 0.6 is 0 Å². The first-order chi connectivity index (χ1) is 5.45. The van der Waals surface area contributed by atoms with Gasteiger partial charge in [0.1, 0.15) is 0 Å². The Morgan fingerprint density at radius 1 is 1.50 bits per heavy atom. The first-order valence-corrected chi connectivity index (χ1v) is 5.30. The van der Waals surface area contributed by atoms with E-state index in [0.717, 1.165) is 0 Å². The zero-order valence-corrected chi connectivity index (χ0v) is 7.30. The lowest BCUT2D eigenvalue weighted by Crippen LogP contribution is -2.22. The fourth-order valence-corrected chi connectivity index (χ4v) is 3.23. The molecule has 0 aromatic carbocycles. The van der Waals surface area contributed by atoms with E-state index < -0.39 is 21.1 Å². The summed E-state index contributed by atoms with van der Waals surface area (Å²) in [5.74, 6) is -1.13. The predicted molar refractivity (Wildman–Crippen MR) is 43.6 cm³/mol. The van der Waals surface area contributed by atoms with Gasteiger partial charge in [-0.15, -0.1) is 0 Å². The van der Waals surface area contributed by atoms with Gasteiger partial charge < -0.3 is 5.11 Å². The maximum Gasteiger partial charge on any atom is 0.332 e. The highest BCUT2D eigenvalue weighted by Gasteiger charge is 2.35. The molecule has 1 N–H and O–H groups in total. The summed E-state index contributed by atoms with van der Waals surface area (Å²) >= 11 is 0. The largest absolute Gasteiger partial charge is 0.478 e. The van der Waals surface area contributed by atoms with Gasteiger partial charge in [-0.2, -0.15) is 0 Å². The second kappa shape index (κ2) is 2.90. The first-order valence-electron chi connectivity index (χ1n) is 3.59. The quantitative estimate of drug-likeness (QED) is 0.631. The molecule has 0 saturated carbocycles. The molecule has 12 heavy (non-hydrogen) atoms. The zero-order chi connectivity index (χ0) is 9.35. The van der Waals surface area contributed by atoms with Gasteiger partial charge in [-0.25, -0.2) is 13.2 Å². The molecule has 1 aliphatic heterocycles. The normalized spacial score (nSPS) is 26.8. The summed E-state index contributed by atoms with van der Waals surface area (Å²) in [5, 5.41) is 7.66. The number of carboxylic acids is 1. The maximum atomic E-state index is 11.2. The minimum absolute atomic E-state index is 0.0873. The Labute approximate surface area is 70.8 Å². The summed E-state index contributed by atoms with van der Waals surface area (Å²) in [7, 11) is -3.21. The summed E-state index contributed by atoms with van der Waals surface area (Å²) in [6.45, 7) is 3.25. The van der Waals surface area contributed by atoms with E-state index in [0.29, 0.717) is 12.8 Å². The predicted octanol–water partition coefficient (Wildman–Crippen LogP) is 0.204. The van der Waals surface area contributed by atoms with E-state index >= 15 is 0 Å². The van der Waals surface area contributed by atoms with Gasteiger partial charge in [0.05, 0.1) is 11.0 Å². The Kier molecular flexibility index (Phi) is 2.23. The lowest BCUT2D eigenvalue weighted by atomic mass is 10.1. The lowest BCUT2D eigenvalue weighted by molar-refractivity contribution is -0.132. The molecule has 0 bridgehead atoms. The van der Waals surface area contributed by atoms with E-state index in [2.05, 4.69) is 6.58 Å². The second-order valence-electron chi connectivity index (χ2n) is 2.83. The Balaban J connectivity index is 2.91. The number of carboxylic acid groups (broad SMARTS) is 1. The van der Waals surface area contributed by atoms with Crippen molar-refractivity contribution in [2.75, 3.05) is 5.75 Å². The number of aliphatic carboxylic acids is 1. The SMILES string of the molecule is C=C(C(=O)O)C1CCCS1(=O)=O. The van der Waals surface area contributed by atoms with Crippen LogP contribution in [0, 0.1) is 0 Å². The molecule has 1 fully saturated rings. The monoisotopic (exact) mass is 190 g/mol. The van der Waals surface area contributed by atoms with E-state index in [1.165, 1.54) is 0 Å². The molecule has 1 heterocycles. The fourth-order valence-electron chi connectivity index (χ4n) is 1.32. The molecule has 5 heteroatoms. The number of hydrogen-bond donors (Lipinski definition) is 1. The molecule has 68 valence electrons. The van der Waals surface area contributed by atoms with Crippen LogP contribution in [-0.4, -0.2) is 30.5 Å². The third-order valence-electron chi connectivity index (χ3n) is 1.99. The van der Waals surface area contributed by atoms with Gasteiger partial charge >= 0.3 is 5.97 Å². The van der Waals surface area contributed by atoms with Crippen LogP contribution in [0.4, 0.5) is 0 Å². The molecule has 4 nitrogen and oxygen atoms in total. The molecule has 1 saturated heterocycles. The Morgan fingerprint density at radius 2 is 2.08 bits per heavy atom. The lowest BCUT2D eigenvalue weighted by Gasteiger charge is -2.07. The highest BCUT2D eigenvalue weighted by molar-refractivity contribution is 7.92. The van der Waals surface area contributed by atoms with Crippen LogP contribution in [0.1, 0.15) is 12.8 Å². The Morgan fingerprint density at radius 3 is 2.42 bits per heavy atom. The molecule has 0 radical (unpaired) electrons. The maximum absolute atomic E-state index is 11.2. The standard InChI is InChI=1S/C7H10O4S/c1-5(7(8)9)6-3-2-4-12(6,10)11/h6H,1-4H2,(H,8,9). The van der Waals surface area contributed by atoms with Crippen LogP contribution in [-0.2, 0) is 14.6 Å². The molecule has 1 unspecified atom stereocenters. The van der Waals surface area contributed by atoms with Gasteiger partial charge in [0.25, 0.3) is 0 Å². The van der Waals surface area contributed by atoms with E-state index in [4.69, 9.17) is 5.11 Å². The van der Waals surface area contributed by atoms with Gasteiger partial charge in [-0.1, -0.05) is 6.58 Å². The smallest absolute Gasteiger partial charge is 0.332 e. The van der Waals surface area contributed by atoms with Crippen molar-refractivity contribution < 1.29 is 18.3 Å². The van der Waals surface area contributed by atoms with Gasteiger partial charge in [0, 0.05) is 5.57 Å². The van der Waals surface area contributed by atoms with Crippen molar-refractivity contribution in [2.45, 2.75) is 18.1 Å². The van der Waals surface area contributed by atoms with E-state index in [-0.39, 0.29) is 11.3 Å². The minimum atomic E-state index is -3.21. The molecule has 1 aliphatic rings. The number of carbonyl (C=O) groups is 1. The Bertz CT molecular complexity index is 314. The van der Waals surface area contributed by atoms with Gasteiger partial charge in [0.2, 0.25) is 0 Å². The van der Waals surface area contributed by atoms with Crippen LogP contribution in [0.5, 0.6) is 0 Å². The Hall–Kier alpha value is -0.840.